The van der Waals surface area contributed by atoms with E-state index < -0.39 is 0 Å². The van der Waals surface area contributed by atoms with Crippen LogP contribution in [0.15, 0.2) is 29.1 Å². The van der Waals surface area contributed by atoms with Gasteiger partial charge in [-0.3, -0.25) is 0 Å². The molecule has 0 bridgehead atoms. The van der Waals surface area contributed by atoms with E-state index in [-0.39, 0.29) is 5.69 Å². The van der Waals surface area contributed by atoms with E-state index in [1.807, 2.05) is 30.3 Å². The minimum absolute atomic E-state index is 0.205. The Bertz CT molecular complexity index is 598. The predicted molar refractivity (Wildman–Crippen MR) is 58.2 cm³/mol. The molecule has 1 aromatic carbocycles. The Labute approximate surface area is 85.9 Å². The number of hydrogen-bond acceptors (Lipinski definition) is 2. The highest BCUT2D eigenvalue weighted by Crippen LogP contribution is 2.11. The smallest absolute Gasteiger partial charge is 0.306 e. The van der Waals surface area contributed by atoms with Crippen molar-refractivity contribution >= 4 is 17.1 Å². The van der Waals surface area contributed by atoms with Crippen LogP contribution in [-0.4, -0.2) is 9.97 Å². The molecule has 0 atom stereocenters. The molecule has 0 unspecified atom stereocenters. The van der Waals surface area contributed by atoms with Crippen LogP contribution in [0, 0.1) is 11.3 Å². The zero-order valence-electron chi connectivity index (χ0n) is 7.95. The van der Waals surface area contributed by atoms with Crippen LogP contribution in [0.5, 0.6) is 0 Å². The number of nitriles is 1. The summed E-state index contributed by atoms with van der Waals surface area (Å²) < 4.78 is 0. The molecule has 1 aromatic heterocycles. The van der Waals surface area contributed by atoms with Crippen molar-refractivity contribution < 1.29 is 0 Å². The molecule has 2 N–H and O–H groups in total. The van der Waals surface area contributed by atoms with E-state index in [9.17, 15) is 4.79 Å². The number of imidazole rings is 1. The lowest BCUT2D eigenvalue weighted by molar-refractivity contribution is 1.21. The quantitative estimate of drug-likeness (QED) is 0.773. The monoisotopic (exact) mass is 199 g/mol. The lowest BCUT2D eigenvalue weighted by atomic mass is 10.2. The molecular weight excluding hydrogens is 190 g/mol. The standard InChI is InChI=1S/C11H9N3O/c12-6-2-1-3-8-4-5-9-10(7-8)14-11(15)13-9/h1,3-5,7H,2H2,(H2,13,14,15). The van der Waals surface area contributed by atoms with Gasteiger partial charge < -0.3 is 9.97 Å². The zero-order chi connectivity index (χ0) is 10.7. The van der Waals surface area contributed by atoms with Crippen molar-refractivity contribution in [3.63, 3.8) is 0 Å². The molecule has 2 rings (SSSR count). The molecule has 0 aliphatic carbocycles. The van der Waals surface area contributed by atoms with Crippen LogP contribution in [0.1, 0.15) is 12.0 Å². The van der Waals surface area contributed by atoms with E-state index >= 15 is 0 Å². The van der Waals surface area contributed by atoms with Gasteiger partial charge in [0.05, 0.1) is 23.5 Å². The van der Waals surface area contributed by atoms with Crippen molar-refractivity contribution in [3.8, 4) is 6.07 Å². The molecule has 4 nitrogen and oxygen atoms in total. The molecule has 2 aromatic rings. The van der Waals surface area contributed by atoms with Gasteiger partial charge in [0.2, 0.25) is 0 Å². The summed E-state index contributed by atoms with van der Waals surface area (Å²) in [5.41, 5.74) is 2.33. The Kier molecular flexibility index (Phi) is 2.38. The largest absolute Gasteiger partial charge is 0.323 e. The number of rotatable bonds is 2. The first-order valence-corrected chi connectivity index (χ1v) is 4.55. The Morgan fingerprint density at radius 3 is 2.93 bits per heavy atom. The molecule has 0 radical (unpaired) electrons. The predicted octanol–water partition coefficient (Wildman–Crippen LogP) is 1.78. The normalized spacial score (nSPS) is 10.9. The Hall–Kier alpha value is -2.28. The molecule has 4 heteroatoms. The first-order chi connectivity index (χ1) is 7.29. The molecule has 15 heavy (non-hydrogen) atoms. The number of nitrogens with one attached hydrogen (secondary N) is 2. The number of aromatic nitrogens is 2. The summed E-state index contributed by atoms with van der Waals surface area (Å²) in [6.45, 7) is 0. The second-order valence-corrected chi connectivity index (χ2v) is 3.15. The third-order valence-electron chi connectivity index (χ3n) is 2.06. The third-order valence-corrected chi connectivity index (χ3v) is 2.06. The van der Waals surface area contributed by atoms with E-state index in [1.165, 1.54) is 0 Å². The summed E-state index contributed by atoms with van der Waals surface area (Å²) in [5.74, 6) is 0. The summed E-state index contributed by atoms with van der Waals surface area (Å²) in [6.07, 6.45) is 4.03. The van der Waals surface area contributed by atoms with Crippen LogP contribution in [0.25, 0.3) is 17.1 Å². The molecule has 0 saturated heterocycles. The van der Waals surface area contributed by atoms with Gasteiger partial charge in [-0.05, 0) is 17.7 Å². The summed E-state index contributed by atoms with van der Waals surface area (Å²) in [6, 6.07) is 7.61. The molecule has 74 valence electrons. The highest BCUT2D eigenvalue weighted by Gasteiger charge is 1.96. The Morgan fingerprint density at radius 1 is 1.33 bits per heavy atom. The number of H-pyrrole nitrogens is 2. The van der Waals surface area contributed by atoms with Crippen LogP contribution in [-0.2, 0) is 0 Å². The van der Waals surface area contributed by atoms with Gasteiger partial charge in [0, 0.05) is 0 Å². The molecule has 0 amide bonds. The average Bonchev–Trinajstić information content (AvgIpc) is 2.57. The highest BCUT2D eigenvalue weighted by atomic mass is 16.1. The number of hydrogen-bond donors (Lipinski definition) is 2. The molecule has 0 aliphatic rings. The van der Waals surface area contributed by atoms with Gasteiger partial charge in [0.25, 0.3) is 0 Å². The molecule has 1 heterocycles. The van der Waals surface area contributed by atoms with Crippen molar-refractivity contribution in [3.05, 3.63) is 40.3 Å². The van der Waals surface area contributed by atoms with Gasteiger partial charge in [0.1, 0.15) is 0 Å². The lowest BCUT2D eigenvalue weighted by Crippen LogP contribution is -1.99. The van der Waals surface area contributed by atoms with Gasteiger partial charge in [-0.25, -0.2) is 4.79 Å². The van der Waals surface area contributed by atoms with Gasteiger partial charge in [-0.2, -0.15) is 5.26 Å². The number of aromatic amines is 2. The van der Waals surface area contributed by atoms with Gasteiger partial charge in [-0.15, -0.1) is 0 Å². The topological polar surface area (TPSA) is 72.4 Å². The Balaban J connectivity index is 2.39. The van der Waals surface area contributed by atoms with Crippen LogP contribution in [0.2, 0.25) is 0 Å². The zero-order valence-corrected chi connectivity index (χ0v) is 7.95. The fourth-order valence-electron chi connectivity index (χ4n) is 1.40. The number of nitrogens with zero attached hydrogens (tertiary/aromatic N) is 1. The maximum absolute atomic E-state index is 11.0. The van der Waals surface area contributed by atoms with E-state index in [4.69, 9.17) is 5.26 Å². The fraction of sp³-hybridized carbons (Fsp3) is 0.0909. The highest BCUT2D eigenvalue weighted by molar-refractivity contribution is 5.77. The molecule has 0 saturated carbocycles. The summed E-state index contributed by atoms with van der Waals surface area (Å²) in [4.78, 5) is 16.3. The maximum Gasteiger partial charge on any atom is 0.323 e. The Morgan fingerprint density at radius 2 is 2.13 bits per heavy atom. The van der Waals surface area contributed by atoms with Crippen molar-refractivity contribution in [1.29, 1.82) is 5.26 Å². The van der Waals surface area contributed by atoms with Crippen LogP contribution in [0.4, 0.5) is 0 Å². The van der Waals surface area contributed by atoms with E-state index in [2.05, 4.69) is 9.97 Å². The molecule has 0 spiro atoms. The van der Waals surface area contributed by atoms with Crippen molar-refractivity contribution in [2.45, 2.75) is 6.42 Å². The van der Waals surface area contributed by atoms with Gasteiger partial charge in [-0.1, -0.05) is 18.2 Å². The molecule has 0 fully saturated rings. The SMILES string of the molecule is N#CCC=Cc1ccc2[nH]c(=O)[nH]c2c1. The summed E-state index contributed by atoms with van der Waals surface area (Å²) in [7, 11) is 0. The molecular formula is C11H9N3O. The minimum Gasteiger partial charge on any atom is -0.306 e. The van der Waals surface area contributed by atoms with Crippen LogP contribution < -0.4 is 5.69 Å². The van der Waals surface area contributed by atoms with Crippen LogP contribution >= 0.6 is 0 Å². The first kappa shape index (κ1) is 9.28. The van der Waals surface area contributed by atoms with E-state index in [0.29, 0.717) is 6.42 Å². The number of benzene rings is 1. The van der Waals surface area contributed by atoms with Crippen molar-refractivity contribution in [2.24, 2.45) is 0 Å². The van der Waals surface area contributed by atoms with Crippen LogP contribution in [0.3, 0.4) is 0 Å². The van der Waals surface area contributed by atoms with Crippen molar-refractivity contribution in [1.82, 2.24) is 9.97 Å². The summed E-state index contributed by atoms with van der Waals surface area (Å²) >= 11 is 0. The first-order valence-electron chi connectivity index (χ1n) is 4.55. The number of allylic oxidation sites excluding steroid dienone is 1. The summed E-state index contributed by atoms with van der Waals surface area (Å²) in [5, 5.41) is 8.37. The second kappa shape index (κ2) is 3.84. The fourth-order valence-corrected chi connectivity index (χ4v) is 1.40. The average molecular weight is 199 g/mol. The maximum atomic E-state index is 11.0. The number of fused-ring (bicyclic) bond motifs is 1. The second-order valence-electron chi connectivity index (χ2n) is 3.15. The van der Waals surface area contributed by atoms with Gasteiger partial charge in [0.15, 0.2) is 0 Å². The molecule has 0 aliphatic heterocycles. The third kappa shape index (κ3) is 1.97. The lowest BCUT2D eigenvalue weighted by Gasteiger charge is -1.92. The van der Waals surface area contributed by atoms with Crippen molar-refractivity contribution in [2.75, 3.05) is 0 Å². The van der Waals surface area contributed by atoms with E-state index in [1.54, 1.807) is 6.08 Å². The minimum atomic E-state index is -0.205. The van der Waals surface area contributed by atoms with Gasteiger partial charge >= 0.3 is 5.69 Å². The van der Waals surface area contributed by atoms with E-state index in [0.717, 1.165) is 16.6 Å².